The van der Waals surface area contributed by atoms with Crippen molar-refractivity contribution in [3.05, 3.63) is 43.3 Å². The zero-order valence-corrected chi connectivity index (χ0v) is 11.2. The topological polar surface area (TPSA) is 24.9 Å². The maximum absolute atomic E-state index is 5.03. The number of benzene rings is 1. The summed E-state index contributed by atoms with van der Waals surface area (Å²) in [6.07, 6.45) is 2.28. The molecule has 0 spiro atoms. The number of epoxide rings is 1. The number of hydrogen-bond donors (Lipinski definition) is 0. The minimum absolute atomic E-state index is 0. The molecule has 2 rings (SSSR count). The molecule has 0 saturated carbocycles. The fraction of sp³-hybridized carbons (Fsp3) is 0.273. The van der Waals surface area contributed by atoms with Crippen LogP contribution in [0.2, 0.25) is 0 Å². The molecule has 1 fully saturated rings. The van der Waals surface area contributed by atoms with E-state index < -0.39 is 0 Å². The number of ether oxygens (including phenoxy) is 1. The molecule has 1 heterocycles. The first-order valence-electron chi connectivity index (χ1n) is 4.11. The maximum atomic E-state index is 5.03. The van der Waals surface area contributed by atoms with Crippen LogP contribution in [0.5, 0.6) is 0 Å². The third-order valence-corrected chi connectivity index (χ3v) is 1.75. The van der Waals surface area contributed by atoms with Gasteiger partial charge in [-0.2, -0.15) is 0 Å². The molecule has 1 aliphatic heterocycles. The second kappa shape index (κ2) is 6.91. The Morgan fingerprint density at radius 2 is 2.00 bits per heavy atom. The van der Waals surface area contributed by atoms with E-state index in [1.165, 1.54) is 0 Å². The second-order valence-corrected chi connectivity index (χ2v) is 2.86. The van der Waals surface area contributed by atoms with Crippen molar-refractivity contribution in [2.45, 2.75) is 6.10 Å². The van der Waals surface area contributed by atoms with Crippen LogP contribution in [0.3, 0.4) is 0 Å². The normalized spacial score (nSPS) is 18.4. The standard InChI is InChI=1S/C10H11NO.CH3.W/c1-2-4-9(5-3-1)6-11-7-10-8-12-10;;/h1-6,10H,7-8H2;1H3;/q;-1;. The Hall–Kier alpha value is -0.462. The van der Waals surface area contributed by atoms with Crippen molar-refractivity contribution in [1.82, 2.24) is 0 Å². The molecule has 1 aromatic carbocycles. The van der Waals surface area contributed by atoms with Gasteiger partial charge in [0.1, 0.15) is 6.10 Å². The van der Waals surface area contributed by atoms with Gasteiger partial charge in [-0.15, -0.1) is 0 Å². The number of rotatable bonds is 3. The molecule has 0 bridgehead atoms. The summed E-state index contributed by atoms with van der Waals surface area (Å²) in [6.45, 7) is 1.68. The van der Waals surface area contributed by atoms with E-state index in [1.54, 1.807) is 0 Å². The molecule has 1 saturated heterocycles. The molecule has 0 amide bonds. The zero-order valence-electron chi connectivity index (χ0n) is 8.22. The molecule has 0 N–H and O–H groups in total. The van der Waals surface area contributed by atoms with Gasteiger partial charge in [0.05, 0.1) is 13.2 Å². The molecule has 1 aromatic rings. The SMILES string of the molecule is C(=NCC1CO1)c1ccccc1.[CH3-].[W]. The summed E-state index contributed by atoms with van der Waals surface area (Å²) in [7, 11) is 0. The van der Waals surface area contributed by atoms with E-state index in [2.05, 4.69) is 4.99 Å². The summed E-state index contributed by atoms with van der Waals surface area (Å²) in [5, 5.41) is 0. The van der Waals surface area contributed by atoms with Gasteiger partial charge in [-0.1, -0.05) is 30.3 Å². The van der Waals surface area contributed by atoms with Gasteiger partial charge in [-0.3, -0.25) is 4.99 Å². The molecular formula is C11H14NOW-. The molecule has 1 unspecified atom stereocenters. The van der Waals surface area contributed by atoms with Gasteiger partial charge in [-0.05, 0) is 5.56 Å². The summed E-state index contributed by atoms with van der Waals surface area (Å²) in [4.78, 5) is 4.25. The fourth-order valence-corrected chi connectivity index (χ4v) is 0.988. The minimum atomic E-state index is 0. The molecule has 3 heteroatoms. The first kappa shape index (κ1) is 13.5. The summed E-state index contributed by atoms with van der Waals surface area (Å²) in [5.41, 5.74) is 1.15. The van der Waals surface area contributed by atoms with E-state index in [1.807, 2.05) is 36.5 Å². The van der Waals surface area contributed by atoms with E-state index in [4.69, 9.17) is 4.74 Å². The van der Waals surface area contributed by atoms with E-state index in [0.29, 0.717) is 6.10 Å². The second-order valence-electron chi connectivity index (χ2n) is 2.86. The zero-order chi connectivity index (χ0) is 8.23. The first-order chi connectivity index (χ1) is 5.95. The molecule has 0 radical (unpaired) electrons. The number of nitrogens with zero attached hydrogens (tertiary/aromatic N) is 1. The van der Waals surface area contributed by atoms with Gasteiger partial charge < -0.3 is 12.2 Å². The van der Waals surface area contributed by atoms with Crippen molar-refractivity contribution < 1.29 is 25.8 Å². The predicted octanol–water partition coefficient (Wildman–Crippen LogP) is 1.95. The smallest absolute Gasteiger partial charge is 0.100 e. The van der Waals surface area contributed by atoms with E-state index in [9.17, 15) is 0 Å². The molecular weight excluding hydrogens is 346 g/mol. The fourth-order valence-electron chi connectivity index (χ4n) is 0.988. The van der Waals surface area contributed by atoms with Crippen LogP contribution in [0, 0.1) is 7.43 Å². The van der Waals surface area contributed by atoms with Gasteiger partial charge in [0.15, 0.2) is 0 Å². The van der Waals surface area contributed by atoms with Crippen LogP contribution in [0.4, 0.5) is 0 Å². The van der Waals surface area contributed by atoms with Crippen molar-refractivity contribution >= 4 is 6.21 Å². The van der Waals surface area contributed by atoms with Gasteiger partial charge in [0.25, 0.3) is 0 Å². The van der Waals surface area contributed by atoms with Crippen LogP contribution < -0.4 is 0 Å². The number of aliphatic imine (C=N–C) groups is 1. The van der Waals surface area contributed by atoms with Crippen LogP contribution >= 0.6 is 0 Å². The molecule has 2 nitrogen and oxygen atoms in total. The van der Waals surface area contributed by atoms with Crippen LogP contribution in [0.25, 0.3) is 0 Å². The van der Waals surface area contributed by atoms with Crippen LogP contribution in [-0.4, -0.2) is 25.5 Å². The summed E-state index contributed by atoms with van der Waals surface area (Å²) in [6, 6.07) is 10.1. The minimum Gasteiger partial charge on any atom is -0.371 e. The number of hydrogen-bond acceptors (Lipinski definition) is 2. The van der Waals surface area contributed by atoms with Gasteiger partial charge in [-0.25, -0.2) is 0 Å². The molecule has 1 aliphatic rings. The van der Waals surface area contributed by atoms with Crippen molar-refractivity contribution in [2.75, 3.05) is 13.2 Å². The quantitative estimate of drug-likeness (QED) is 0.460. The molecule has 14 heavy (non-hydrogen) atoms. The van der Waals surface area contributed by atoms with Crippen LogP contribution in [0.15, 0.2) is 35.3 Å². The van der Waals surface area contributed by atoms with Gasteiger partial charge in [0.2, 0.25) is 0 Å². The monoisotopic (exact) mass is 360 g/mol. The summed E-state index contributed by atoms with van der Waals surface area (Å²) >= 11 is 0. The molecule has 76 valence electrons. The Balaban J connectivity index is 0.000000845. The molecule has 1 atom stereocenters. The van der Waals surface area contributed by atoms with Crippen molar-refractivity contribution in [1.29, 1.82) is 0 Å². The Kier molecular flexibility index (Phi) is 6.69. The Morgan fingerprint density at radius 1 is 1.36 bits per heavy atom. The third-order valence-electron chi connectivity index (χ3n) is 1.75. The van der Waals surface area contributed by atoms with Crippen LogP contribution in [-0.2, 0) is 25.8 Å². The van der Waals surface area contributed by atoms with Gasteiger partial charge in [0, 0.05) is 27.3 Å². The van der Waals surface area contributed by atoms with Crippen molar-refractivity contribution in [3.63, 3.8) is 0 Å². The maximum Gasteiger partial charge on any atom is 0.100 e. The molecule has 0 aliphatic carbocycles. The third kappa shape index (κ3) is 4.68. The van der Waals surface area contributed by atoms with Gasteiger partial charge >= 0.3 is 0 Å². The summed E-state index contributed by atoms with van der Waals surface area (Å²) in [5.74, 6) is 0. The largest absolute Gasteiger partial charge is 0.371 e. The van der Waals surface area contributed by atoms with Crippen molar-refractivity contribution in [2.24, 2.45) is 4.99 Å². The summed E-state index contributed by atoms with van der Waals surface area (Å²) < 4.78 is 5.03. The van der Waals surface area contributed by atoms with E-state index in [0.717, 1.165) is 18.7 Å². The van der Waals surface area contributed by atoms with Crippen LogP contribution in [0.1, 0.15) is 5.56 Å². The Morgan fingerprint density at radius 3 is 2.57 bits per heavy atom. The average molecular weight is 360 g/mol. The Bertz CT molecular complexity index is 270. The van der Waals surface area contributed by atoms with Crippen molar-refractivity contribution in [3.8, 4) is 0 Å². The average Bonchev–Trinajstić information content (AvgIpc) is 2.90. The predicted molar refractivity (Wildman–Crippen MR) is 55.1 cm³/mol. The van der Waals surface area contributed by atoms with E-state index in [-0.39, 0.29) is 28.5 Å². The first-order valence-corrected chi connectivity index (χ1v) is 4.11. The molecule has 0 aromatic heterocycles. The van der Waals surface area contributed by atoms with E-state index >= 15 is 0 Å². The Labute approximate surface area is 99.7 Å².